The lowest BCUT2D eigenvalue weighted by Crippen LogP contribution is -2.42. The van der Waals surface area contributed by atoms with Gasteiger partial charge < -0.3 is 20.1 Å². The van der Waals surface area contributed by atoms with Crippen LogP contribution in [0.25, 0.3) is 0 Å². The predicted octanol–water partition coefficient (Wildman–Crippen LogP) is 2.56. The second-order valence-corrected chi connectivity index (χ2v) is 4.96. The molecule has 123 valence electrons. The van der Waals surface area contributed by atoms with Crippen molar-refractivity contribution in [1.82, 2.24) is 10.6 Å². The molecule has 1 rings (SSSR count). The average molecular weight is 307 g/mol. The van der Waals surface area contributed by atoms with Gasteiger partial charge in [-0.15, -0.1) is 0 Å². The lowest BCUT2D eigenvalue weighted by atomic mass is 10.0. The SMILES string of the molecule is [CH2]CNC(=O)NC(CCOC)CCc1ccccc1OCC. The van der Waals surface area contributed by atoms with Crippen molar-refractivity contribution in [3.8, 4) is 5.75 Å². The van der Waals surface area contributed by atoms with E-state index in [4.69, 9.17) is 9.47 Å². The lowest BCUT2D eigenvalue weighted by molar-refractivity contribution is 0.180. The Bertz CT molecular complexity index is 438. The predicted molar refractivity (Wildman–Crippen MR) is 88.1 cm³/mol. The van der Waals surface area contributed by atoms with E-state index in [1.54, 1.807) is 7.11 Å². The highest BCUT2D eigenvalue weighted by molar-refractivity contribution is 5.74. The summed E-state index contributed by atoms with van der Waals surface area (Å²) < 4.78 is 10.8. The van der Waals surface area contributed by atoms with Gasteiger partial charge in [-0.1, -0.05) is 18.2 Å². The van der Waals surface area contributed by atoms with Crippen molar-refractivity contribution >= 4 is 6.03 Å². The Hall–Kier alpha value is -1.75. The van der Waals surface area contributed by atoms with Gasteiger partial charge in [-0.3, -0.25) is 0 Å². The molecule has 1 radical (unpaired) electrons. The van der Waals surface area contributed by atoms with Crippen molar-refractivity contribution in [2.75, 3.05) is 26.9 Å². The Kier molecular flexibility index (Phi) is 9.07. The zero-order valence-electron chi connectivity index (χ0n) is 13.6. The van der Waals surface area contributed by atoms with Gasteiger partial charge in [0.05, 0.1) is 6.61 Å². The van der Waals surface area contributed by atoms with Gasteiger partial charge in [0.2, 0.25) is 0 Å². The third kappa shape index (κ3) is 6.80. The Labute approximate surface area is 133 Å². The molecule has 1 atom stereocenters. The minimum absolute atomic E-state index is 0.0567. The summed E-state index contributed by atoms with van der Waals surface area (Å²) in [5.74, 6) is 0.915. The second-order valence-electron chi connectivity index (χ2n) is 4.96. The molecular formula is C17H27N2O3. The van der Waals surface area contributed by atoms with Crippen LogP contribution in [0.3, 0.4) is 0 Å². The fourth-order valence-corrected chi connectivity index (χ4v) is 2.24. The monoisotopic (exact) mass is 307 g/mol. The Balaban J connectivity index is 2.59. The molecule has 1 aromatic carbocycles. The van der Waals surface area contributed by atoms with E-state index in [2.05, 4.69) is 23.6 Å². The molecule has 5 heteroatoms. The number of rotatable bonds is 10. The fourth-order valence-electron chi connectivity index (χ4n) is 2.24. The number of amides is 2. The van der Waals surface area contributed by atoms with Gasteiger partial charge in [-0.05, 0) is 44.7 Å². The number of hydrogen-bond donors (Lipinski definition) is 2. The molecule has 22 heavy (non-hydrogen) atoms. The van der Waals surface area contributed by atoms with Crippen molar-refractivity contribution in [1.29, 1.82) is 0 Å². The van der Waals surface area contributed by atoms with Gasteiger partial charge >= 0.3 is 6.03 Å². The second kappa shape index (κ2) is 10.9. The van der Waals surface area contributed by atoms with Gasteiger partial charge in [0, 0.05) is 26.3 Å². The third-order valence-electron chi connectivity index (χ3n) is 3.33. The van der Waals surface area contributed by atoms with Crippen LogP contribution >= 0.6 is 0 Å². The van der Waals surface area contributed by atoms with Crippen molar-refractivity contribution in [3.63, 3.8) is 0 Å². The molecular weight excluding hydrogens is 280 g/mol. The highest BCUT2D eigenvalue weighted by Crippen LogP contribution is 2.20. The third-order valence-corrected chi connectivity index (χ3v) is 3.33. The number of benzene rings is 1. The first kappa shape index (κ1) is 18.3. The van der Waals surface area contributed by atoms with E-state index in [1.807, 2.05) is 25.1 Å². The highest BCUT2D eigenvalue weighted by Gasteiger charge is 2.13. The average Bonchev–Trinajstić information content (AvgIpc) is 2.51. The normalized spacial score (nSPS) is 11.8. The summed E-state index contributed by atoms with van der Waals surface area (Å²) in [5.41, 5.74) is 1.16. The topological polar surface area (TPSA) is 59.6 Å². The van der Waals surface area contributed by atoms with Crippen LogP contribution < -0.4 is 15.4 Å². The quantitative estimate of drug-likeness (QED) is 0.698. The fraction of sp³-hybridized carbons (Fsp3) is 0.529. The molecule has 0 aliphatic carbocycles. The summed E-state index contributed by atoms with van der Waals surface area (Å²) in [5, 5.41) is 5.62. The van der Waals surface area contributed by atoms with Crippen LogP contribution in [-0.2, 0) is 11.2 Å². The van der Waals surface area contributed by atoms with Gasteiger partial charge in [0.25, 0.3) is 0 Å². The van der Waals surface area contributed by atoms with Crippen molar-refractivity contribution < 1.29 is 14.3 Å². The molecule has 0 spiro atoms. The van der Waals surface area contributed by atoms with Gasteiger partial charge in [0.1, 0.15) is 5.75 Å². The lowest BCUT2D eigenvalue weighted by Gasteiger charge is -2.19. The zero-order chi connectivity index (χ0) is 16.2. The number of urea groups is 1. The van der Waals surface area contributed by atoms with Crippen LogP contribution in [0.4, 0.5) is 4.79 Å². The number of nitrogens with one attached hydrogen (secondary N) is 2. The Morgan fingerprint density at radius 1 is 1.32 bits per heavy atom. The highest BCUT2D eigenvalue weighted by atomic mass is 16.5. The molecule has 0 aliphatic rings. The van der Waals surface area contributed by atoms with Crippen molar-refractivity contribution in [2.45, 2.75) is 32.2 Å². The molecule has 0 fully saturated rings. The van der Waals surface area contributed by atoms with E-state index in [9.17, 15) is 4.79 Å². The smallest absolute Gasteiger partial charge is 0.315 e. The maximum Gasteiger partial charge on any atom is 0.315 e. The van der Waals surface area contributed by atoms with E-state index in [0.717, 1.165) is 30.6 Å². The minimum atomic E-state index is -0.186. The number of aryl methyl sites for hydroxylation is 1. The van der Waals surface area contributed by atoms with Crippen LogP contribution in [0.2, 0.25) is 0 Å². The summed E-state index contributed by atoms with van der Waals surface area (Å²) >= 11 is 0. The summed E-state index contributed by atoms with van der Waals surface area (Å²) in [4.78, 5) is 11.7. The van der Waals surface area contributed by atoms with Gasteiger partial charge in [0.15, 0.2) is 0 Å². The van der Waals surface area contributed by atoms with E-state index in [-0.39, 0.29) is 12.1 Å². The molecule has 0 saturated carbocycles. The van der Waals surface area contributed by atoms with Crippen molar-refractivity contribution in [3.05, 3.63) is 36.8 Å². The van der Waals surface area contributed by atoms with E-state index in [0.29, 0.717) is 19.8 Å². The summed E-state index contributed by atoms with van der Waals surface area (Å²) in [6.07, 6.45) is 2.45. The molecule has 1 unspecified atom stereocenters. The van der Waals surface area contributed by atoms with Crippen LogP contribution in [0.15, 0.2) is 24.3 Å². The standard InChI is InChI=1S/C17H27N2O3/c1-4-18-17(20)19-15(12-13-21-3)11-10-14-8-6-7-9-16(14)22-5-2/h6-9,15H,1,4-5,10-13H2,2-3H3,(H2,18,19,20). The van der Waals surface area contributed by atoms with E-state index in [1.165, 1.54) is 0 Å². The molecule has 0 aliphatic heterocycles. The van der Waals surface area contributed by atoms with Crippen LogP contribution in [0, 0.1) is 6.92 Å². The summed E-state index contributed by atoms with van der Waals surface area (Å²) in [6.45, 7) is 7.21. The molecule has 5 nitrogen and oxygen atoms in total. The van der Waals surface area contributed by atoms with Crippen molar-refractivity contribution in [2.24, 2.45) is 0 Å². The Morgan fingerprint density at radius 2 is 2.09 bits per heavy atom. The van der Waals surface area contributed by atoms with Crippen LogP contribution in [0.1, 0.15) is 25.3 Å². The first-order valence-electron chi connectivity index (χ1n) is 7.74. The number of carbonyl (C=O) groups excluding carboxylic acids is 1. The number of ether oxygens (including phenoxy) is 2. The zero-order valence-corrected chi connectivity index (χ0v) is 13.6. The molecule has 2 amide bonds. The number of para-hydroxylation sites is 1. The summed E-state index contributed by atoms with van der Waals surface area (Å²) in [7, 11) is 1.66. The number of carbonyl (C=O) groups is 1. The maximum atomic E-state index is 11.7. The van der Waals surface area contributed by atoms with E-state index >= 15 is 0 Å². The molecule has 2 N–H and O–H groups in total. The van der Waals surface area contributed by atoms with Crippen LogP contribution in [0.5, 0.6) is 5.75 Å². The first-order chi connectivity index (χ1) is 10.7. The molecule has 0 heterocycles. The van der Waals surface area contributed by atoms with Gasteiger partial charge in [-0.2, -0.15) is 0 Å². The maximum absolute atomic E-state index is 11.7. The number of hydrogen-bond acceptors (Lipinski definition) is 3. The molecule has 0 saturated heterocycles. The Morgan fingerprint density at radius 3 is 2.77 bits per heavy atom. The molecule has 0 aromatic heterocycles. The molecule has 0 bridgehead atoms. The van der Waals surface area contributed by atoms with Crippen LogP contribution in [-0.4, -0.2) is 38.9 Å². The minimum Gasteiger partial charge on any atom is -0.494 e. The largest absolute Gasteiger partial charge is 0.494 e. The van der Waals surface area contributed by atoms with E-state index < -0.39 is 0 Å². The van der Waals surface area contributed by atoms with Gasteiger partial charge in [-0.25, -0.2) is 4.79 Å². The number of methoxy groups -OCH3 is 1. The summed E-state index contributed by atoms with van der Waals surface area (Å²) in [6, 6.07) is 7.89. The first-order valence-corrected chi connectivity index (χ1v) is 7.74. The molecule has 1 aromatic rings.